The number of hydrogen-bond acceptors (Lipinski definition) is 2. The molecular formula is C6H14N2OS. The average molecular weight is 162 g/mol. The molecule has 60 valence electrons. The van der Waals surface area contributed by atoms with E-state index in [0.717, 1.165) is 12.2 Å². The van der Waals surface area contributed by atoms with Gasteiger partial charge in [0.1, 0.15) is 0 Å². The van der Waals surface area contributed by atoms with Gasteiger partial charge in [-0.3, -0.25) is 0 Å². The molecule has 0 fully saturated rings. The van der Waals surface area contributed by atoms with Gasteiger partial charge in [-0.15, -0.1) is 0 Å². The van der Waals surface area contributed by atoms with Crippen molar-refractivity contribution >= 4 is 17.8 Å². The molecule has 0 aromatic carbocycles. The highest BCUT2D eigenvalue weighted by Gasteiger charge is 2.05. The fourth-order valence-corrected chi connectivity index (χ4v) is 1.39. The highest BCUT2D eigenvalue weighted by molar-refractivity contribution is 7.98. The summed E-state index contributed by atoms with van der Waals surface area (Å²) < 4.78 is 0. The molecular weight excluding hydrogens is 148 g/mol. The summed E-state index contributed by atoms with van der Waals surface area (Å²) in [6.45, 7) is 2.02. The zero-order chi connectivity index (χ0) is 7.98. The van der Waals surface area contributed by atoms with Gasteiger partial charge in [-0.1, -0.05) is 6.92 Å². The Balaban J connectivity index is 3.49. The zero-order valence-electron chi connectivity index (χ0n) is 6.39. The molecule has 3 nitrogen and oxygen atoms in total. The number of carbonyl (C=O) groups is 1. The van der Waals surface area contributed by atoms with Crippen LogP contribution in [0, 0.1) is 0 Å². The van der Waals surface area contributed by atoms with Gasteiger partial charge >= 0.3 is 6.03 Å². The maximum atomic E-state index is 10.3. The molecule has 0 aromatic heterocycles. The molecule has 1 atom stereocenters. The lowest BCUT2D eigenvalue weighted by Crippen LogP contribution is -2.39. The van der Waals surface area contributed by atoms with Crippen molar-refractivity contribution in [2.75, 3.05) is 12.0 Å². The Kier molecular flexibility index (Phi) is 5.20. The Hall–Kier alpha value is -0.380. The van der Waals surface area contributed by atoms with Crippen molar-refractivity contribution in [2.45, 2.75) is 19.4 Å². The largest absolute Gasteiger partial charge is 0.352 e. The molecule has 0 bridgehead atoms. The smallest absolute Gasteiger partial charge is 0.312 e. The highest BCUT2D eigenvalue weighted by atomic mass is 32.2. The Morgan fingerprint density at radius 3 is 2.70 bits per heavy atom. The summed E-state index contributed by atoms with van der Waals surface area (Å²) in [5.41, 5.74) is 4.94. The van der Waals surface area contributed by atoms with E-state index in [-0.39, 0.29) is 6.04 Å². The van der Waals surface area contributed by atoms with Gasteiger partial charge in [-0.05, 0) is 12.7 Å². The number of hydrogen-bond donors (Lipinski definition) is 2. The van der Waals surface area contributed by atoms with Crippen LogP contribution in [0.3, 0.4) is 0 Å². The van der Waals surface area contributed by atoms with Crippen LogP contribution in [0.4, 0.5) is 4.79 Å². The van der Waals surface area contributed by atoms with Crippen molar-refractivity contribution in [3.05, 3.63) is 0 Å². The molecule has 0 radical (unpaired) electrons. The van der Waals surface area contributed by atoms with E-state index in [2.05, 4.69) is 5.32 Å². The van der Waals surface area contributed by atoms with Crippen molar-refractivity contribution in [1.82, 2.24) is 5.32 Å². The van der Waals surface area contributed by atoms with Crippen LogP contribution in [-0.2, 0) is 0 Å². The number of carbonyl (C=O) groups excluding carboxylic acids is 1. The summed E-state index contributed by atoms with van der Waals surface area (Å²) in [6.07, 6.45) is 2.94. The lowest BCUT2D eigenvalue weighted by Gasteiger charge is -2.12. The minimum atomic E-state index is -0.430. The van der Waals surface area contributed by atoms with Gasteiger partial charge in [0, 0.05) is 11.8 Å². The van der Waals surface area contributed by atoms with E-state index in [4.69, 9.17) is 5.73 Å². The van der Waals surface area contributed by atoms with Crippen molar-refractivity contribution in [1.29, 1.82) is 0 Å². The first-order chi connectivity index (χ1) is 4.70. The van der Waals surface area contributed by atoms with Crippen molar-refractivity contribution < 1.29 is 4.79 Å². The summed E-state index contributed by atoms with van der Waals surface area (Å²) in [5, 5.41) is 2.65. The van der Waals surface area contributed by atoms with Crippen LogP contribution >= 0.6 is 11.8 Å². The molecule has 0 aromatic rings. The lowest BCUT2D eigenvalue weighted by molar-refractivity contribution is 0.246. The molecule has 10 heavy (non-hydrogen) atoms. The van der Waals surface area contributed by atoms with Crippen LogP contribution < -0.4 is 11.1 Å². The zero-order valence-corrected chi connectivity index (χ0v) is 7.20. The molecule has 0 heterocycles. The summed E-state index contributed by atoms with van der Waals surface area (Å²) in [7, 11) is 0. The monoisotopic (exact) mass is 162 g/mol. The van der Waals surface area contributed by atoms with Gasteiger partial charge in [0.25, 0.3) is 0 Å². The summed E-state index contributed by atoms with van der Waals surface area (Å²) >= 11 is 1.71. The molecule has 2 amide bonds. The summed E-state index contributed by atoms with van der Waals surface area (Å²) in [4.78, 5) is 10.3. The molecule has 0 rings (SSSR count). The normalized spacial score (nSPS) is 12.6. The third-order valence-electron chi connectivity index (χ3n) is 1.21. The molecule has 0 saturated carbocycles. The molecule has 3 N–H and O–H groups in total. The number of nitrogens with one attached hydrogen (secondary N) is 1. The first-order valence-electron chi connectivity index (χ1n) is 3.25. The van der Waals surface area contributed by atoms with Crippen LogP contribution in [0.15, 0.2) is 0 Å². The van der Waals surface area contributed by atoms with Crippen LogP contribution in [0.25, 0.3) is 0 Å². The van der Waals surface area contributed by atoms with Gasteiger partial charge in [-0.2, -0.15) is 11.8 Å². The standard InChI is InChI=1S/C6H14N2OS/c1-3-5(4-10-2)8-6(7)9/h5H,3-4H2,1-2H3,(H3,7,8,9). The first kappa shape index (κ1) is 9.62. The topological polar surface area (TPSA) is 55.1 Å². The maximum Gasteiger partial charge on any atom is 0.312 e. The number of amides is 2. The minimum absolute atomic E-state index is 0.229. The number of nitrogens with two attached hydrogens (primary N) is 1. The number of primary amides is 1. The van der Waals surface area contributed by atoms with Gasteiger partial charge in [0.15, 0.2) is 0 Å². The van der Waals surface area contributed by atoms with Crippen LogP contribution in [-0.4, -0.2) is 24.1 Å². The molecule has 0 aliphatic heterocycles. The van der Waals surface area contributed by atoms with E-state index >= 15 is 0 Å². The molecule has 0 aliphatic rings. The second-order valence-electron chi connectivity index (χ2n) is 2.07. The number of urea groups is 1. The SMILES string of the molecule is CCC(CSC)NC(N)=O. The van der Waals surface area contributed by atoms with E-state index in [1.807, 2.05) is 13.2 Å². The Morgan fingerprint density at radius 1 is 1.80 bits per heavy atom. The van der Waals surface area contributed by atoms with E-state index in [9.17, 15) is 4.79 Å². The molecule has 0 saturated heterocycles. The lowest BCUT2D eigenvalue weighted by atomic mass is 10.3. The Labute approximate surface area is 65.7 Å². The van der Waals surface area contributed by atoms with E-state index in [1.165, 1.54) is 0 Å². The van der Waals surface area contributed by atoms with E-state index in [0.29, 0.717) is 0 Å². The maximum absolute atomic E-state index is 10.3. The fourth-order valence-electron chi connectivity index (χ4n) is 0.664. The third kappa shape index (κ3) is 4.49. The number of rotatable bonds is 4. The molecule has 0 spiro atoms. The first-order valence-corrected chi connectivity index (χ1v) is 4.65. The highest BCUT2D eigenvalue weighted by Crippen LogP contribution is 1.99. The van der Waals surface area contributed by atoms with E-state index < -0.39 is 6.03 Å². The Bertz CT molecular complexity index is 108. The summed E-state index contributed by atoms with van der Waals surface area (Å²) in [5.74, 6) is 0.930. The predicted octanol–water partition coefficient (Wildman–Crippen LogP) is 0.796. The van der Waals surface area contributed by atoms with Crippen molar-refractivity contribution in [2.24, 2.45) is 5.73 Å². The molecule has 0 aliphatic carbocycles. The second kappa shape index (κ2) is 5.41. The molecule has 1 unspecified atom stereocenters. The quantitative estimate of drug-likeness (QED) is 0.642. The van der Waals surface area contributed by atoms with Crippen LogP contribution in [0.5, 0.6) is 0 Å². The van der Waals surface area contributed by atoms with Crippen LogP contribution in [0.2, 0.25) is 0 Å². The van der Waals surface area contributed by atoms with Crippen molar-refractivity contribution in [3.8, 4) is 0 Å². The van der Waals surface area contributed by atoms with Gasteiger partial charge in [0.2, 0.25) is 0 Å². The third-order valence-corrected chi connectivity index (χ3v) is 1.94. The fraction of sp³-hybridized carbons (Fsp3) is 0.833. The van der Waals surface area contributed by atoms with Crippen molar-refractivity contribution in [3.63, 3.8) is 0 Å². The molecule has 4 heteroatoms. The van der Waals surface area contributed by atoms with Gasteiger partial charge in [0.05, 0.1) is 0 Å². The number of thioether (sulfide) groups is 1. The average Bonchev–Trinajstić information content (AvgIpc) is 1.86. The van der Waals surface area contributed by atoms with Gasteiger partial charge < -0.3 is 11.1 Å². The van der Waals surface area contributed by atoms with Crippen LogP contribution in [0.1, 0.15) is 13.3 Å². The van der Waals surface area contributed by atoms with Gasteiger partial charge in [-0.25, -0.2) is 4.79 Å². The predicted molar refractivity (Wildman–Crippen MR) is 45.2 cm³/mol. The Morgan fingerprint density at radius 2 is 2.40 bits per heavy atom. The van der Waals surface area contributed by atoms with E-state index in [1.54, 1.807) is 11.8 Å². The minimum Gasteiger partial charge on any atom is -0.352 e. The second-order valence-corrected chi connectivity index (χ2v) is 2.98. The summed E-state index contributed by atoms with van der Waals surface area (Å²) in [6, 6.07) is -0.201.